The third-order valence-corrected chi connectivity index (χ3v) is 4.54. The van der Waals surface area contributed by atoms with Crippen molar-refractivity contribution in [3.63, 3.8) is 0 Å². The third kappa shape index (κ3) is 4.47. The van der Waals surface area contributed by atoms with Gasteiger partial charge in [-0.2, -0.15) is 0 Å². The number of ether oxygens (including phenoxy) is 1. The van der Waals surface area contributed by atoms with E-state index >= 15 is 0 Å². The van der Waals surface area contributed by atoms with Crippen molar-refractivity contribution in [2.24, 2.45) is 5.92 Å². The molecular formula is C18H27NO3. The Kier molecular flexibility index (Phi) is 5.83. The predicted octanol–water partition coefficient (Wildman–Crippen LogP) is 2.69. The van der Waals surface area contributed by atoms with Crippen LogP contribution in [-0.4, -0.2) is 41.7 Å². The van der Waals surface area contributed by atoms with Gasteiger partial charge in [-0.15, -0.1) is 0 Å². The van der Waals surface area contributed by atoms with Crippen molar-refractivity contribution in [1.82, 2.24) is 4.90 Å². The third-order valence-electron chi connectivity index (χ3n) is 4.54. The Bertz CT molecular complexity index is 513. The normalized spacial score (nSPS) is 19.3. The van der Waals surface area contributed by atoms with E-state index in [2.05, 4.69) is 19.9 Å². The molecule has 2 atom stereocenters. The quantitative estimate of drug-likeness (QED) is 0.822. The number of hydrogen-bond donors (Lipinski definition) is 1. The summed E-state index contributed by atoms with van der Waals surface area (Å²) in [6.07, 6.45) is 1.81. The van der Waals surface area contributed by atoms with Crippen LogP contribution in [0.3, 0.4) is 0 Å². The molecule has 1 saturated heterocycles. The van der Waals surface area contributed by atoms with Gasteiger partial charge in [-0.1, -0.05) is 6.07 Å². The lowest BCUT2D eigenvalue weighted by Crippen LogP contribution is -2.30. The van der Waals surface area contributed by atoms with E-state index in [1.807, 2.05) is 17.0 Å². The summed E-state index contributed by atoms with van der Waals surface area (Å²) in [5, 5.41) is 9.58. The first-order chi connectivity index (χ1) is 10.5. The molecule has 2 unspecified atom stereocenters. The Morgan fingerprint density at radius 1 is 1.41 bits per heavy atom. The topological polar surface area (TPSA) is 49.8 Å². The summed E-state index contributed by atoms with van der Waals surface area (Å²) in [5.74, 6) is 1.27. The summed E-state index contributed by atoms with van der Waals surface area (Å²) in [6, 6.07) is 6.05. The SMILES string of the molecule is Cc1ccc(OCCCC(=O)N2CCC(C(C)O)C2)cc1C. The van der Waals surface area contributed by atoms with Crippen LogP contribution in [-0.2, 0) is 4.79 Å². The molecule has 0 bridgehead atoms. The number of aliphatic hydroxyl groups excluding tert-OH is 1. The molecule has 0 spiro atoms. The first-order valence-electron chi connectivity index (χ1n) is 8.13. The molecule has 122 valence electrons. The molecule has 0 aromatic heterocycles. The van der Waals surface area contributed by atoms with E-state index < -0.39 is 0 Å². The summed E-state index contributed by atoms with van der Waals surface area (Å²) in [7, 11) is 0. The fourth-order valence-corrected chi connectivity index (χ4v) is 2.78. The average Bonchev–Trinajstić information content (AvgIpc) is 2.97. The van der Waals surface area contributed by atoms with E-state index in [1.165, 1.54) is 11.1 Å². The van der Waals surface area contributed by atoms with Crippen molar-refractivity contribution >= 4 is 5.91 Å². The summed E-state index contributed by atoms with van der Waals surface area (Å²) < 4.78 is 5.70. The molecule has 0 aliphatic carbocycles. The minimum Gasteiger partial charge on any atom is -0.494 e. The van der Waals surface area contributed by atoms with Crippen LogP contribution in [0.15, 0.2) is 18.2 Å². The molecule has 0 radical (unpaired) electrons. The Morgan fingerprint density at radius 3 is 2.82 bits per heavy atom. The van der Waals surface area contributed by atoms with Crippen LogP contribution in [0.25, 0.3) is 0 Å². The van der Waals surface area contributed by atoms with Gasteiger partial charge < -0.3 is 14.7 Å². The molecule has 1 aliphatic rings. The van der Waals surface area contributed by atoms with Crippen molar-refractivity contribution < 1.29 is 14.6 Å². The highest BCUT2D eigenvalue weighted by molar-refractivity contribution is 5.76. The van der Waals surface area contributed by atoms with Crippen LogP contribution in [0.5, 0.6) is 5.75 Å². The Morgan fingerprint density at radius 2 is 2.18 bits per heavy atom. The molecular weight excluding hydrogens is 278 g/mol. The molecule has 4 heteroatoms. The van der Waals surface area contributed by atoms with Gasteiger partial charge in [0.05, 0.1) is 12.7 Å². The van der Waals surface area contributed by atoms with Crippen LogP contribution in [0, 0.1) is 19.8 Å². The second kappa shape index (κ2) is 7.63. The minimum absolute atomic E-state index is 0.173. The molecule has 2 rings (SSSR count). The van der Waals surface area contributed by atoms with Crippen LogP contribution in [0.2, 0.25) is 0 Å². The second-order valence-electron chi connectivity index (χ2n) is 6.33. The molecule has 1 heterocycles. The fraction of sp³-hybridized carbons (Fsp3) is 0.611. The summed E-state index contributed by atoms with van der Waals surface area (Å²) in [6.45, 7) is 7.96. The van der Waals surface area contributed by atoms with Crippen molar-refractivity contribution in [2.75, 3.05) is 19.7 Å². The Balaban J connectivity index is 1.68. The standard InChI is InChI=1S/C18H27NO3/c1-13-6-7-17(11-14(13)2)22-10-4-5-18(21)19-9-8-16(12-19)15(3)20/h6-7,11,15-16,20H,4-5,8-10,12H2,1-3H3. The maximum atomic E-state index is 12.1. The Hall–Kier alpha value is -1.55. The fourth-order valence-electron chi connectivity index (χ4n) is 2.78. The molecule has 1 fully saturated rings. The summed E-state index contributed by atoms with van der Waals surface area (Å²) in [4.78, 5) is 14.0. The number of carbonyl (C=O) groups is 1. The van der Waals surface area contributed by atoms with Gasteiger partial charge >= 0.3 is 0 Å². The van der Waals surface area contributed by atoms with E-state index in [9.17, 15) is 9.90 Å². The van der Waals surface area contributed by atoms with Gasteiger partial charge in [0.25, 0.3) is 0 Å². The maximum absolute atomic E-state index is 12.1. The molecule has 1 aliphatic heterocycles. The largest absolute Gasteiger partial charge is 0.494 e. The van der Waals surface area contributed by atoms with E-state index in [1.54, 1.807) is 6.92 Å². The van der Waals surface area contributed by atoms with Crippen LogP contribution < -0.4 is 4.74 Å². The van der Waals surface area contributed by atoms with Gasteiger partial charge in [0.2, 0.25) is 5.91 Å². The number of aliphatic hydroxyl groups is 1. The van der Waals surface area contributed by atoms with Gasteiger partial charge in [0, 0.05) is 25.4 Å². The van der Waals surface area contributed by atoms with Crippen LogP contribution >= 0.6 is 0 Å². The predicted molar refractivity (Wildman–Crippen MR) is 87.0 cm³/mol. The van der Waals surface area contributed by atoms with Gasteiger partial charge in [-0.25, -0.2) is 0 Å². The van der Waals surface area contributed by atoms with Crippen LogP contribution in [0.4, 0.5) is 0 Å². The molecule has 0 saturated carbocycles. The van der Waals surface area contributed by atoms with E-state index in [0.29, 0.717) is 19.6 Å². The highest BCUT2D eigenvalue weighted by Gasteiger charge is 2.28. The first-order valence-corrected chi connectivity index (χ1v) is 8.13. The van der Waals surface area contributed by atoms with Crippen LogP contribution in [0.1, 0.15) is 37.3 Å². The smallest absolute Gasteiger partial charge is 0.222 e. The number of likely N-dealkylation sites (tertiary alicyclic amines) is 1. The molecule has 22 heavy (non-hydrogen) atoms. The molecule has 1 N–H and O–H groups in total. The zero-order valence-electron chi connectivity index (χ0n) is 13.8. The zero-order valence-corrected chi connectivity index (χ0v) is 13.8. The van der Waals surface area contributed by atoms with Crippen molar-refractivity contribution in [1.29, 1.82) is 0 Å². The van der Waals surface area contributed by atoms with Gasteiger partial charge in [0.15, 0.2) is 0 Å². The lowest BCUT2D eigenvalue weighted by Gasteiger charge is -2.17. The molecule has 1 amide bonds. The van der Waals surface area contributed by atoms with Gasteiger partial charge in [-0.3, -0.25) is 4.79 Å². The van der Waals surface area contributed by atoms with Crippen molar-refractivity contribution in [3.8, 4) is 5.75 Å². The summed E-state index contributed by atoms with van der Waals surface area (Å²) >= 11 is 0. The highest BCUT2D eigenvalue weighted by atomic mass is 16.5. The number of nitrogens with zero attached hydrogens (tertiary/aromatic N) is 1. The highest BCUT2D eigenvalue weighted by Crippen LogP contribution is 2.21. The number of amides is 1. The first kappa shape index (κ1) is 16.8. The molecule has 1 aromatic rings. The van der Waals surface area contributed by atoms with E-state index in [-0.39, 0.29) is 17.9 Å². The number of aryl methyl sites for hydroxylation is 2. The van der Waals surface area contributed by atoms with Gasteiger partial charge in [0.1, 0.15) is 5.75 Å². The number of rotatable bonds is 6. The van der Waals surface area contributed by atoms with E-state index in [4.69, 9.17) is 4.74 Å². The second-order valence-corrected chi connectivity index (χ2v) is 6.33. The monoisotopic (exact) mass is 305 g/mol. The lowest BCUT2D eigenvalue weighted by atomic mass is 10.0. The number of benzene rings is 1. The van der Waals surface area contributed by atoms with Gasteiger partial charge in [-0.05, 0) is 56.9 Å². The van der Waals surface area contributed by atoms with E-state index in [0.717, 1.165) is 25.1 Å². The maximum Gasteiger partial charge on any atom is 0.222 e. The zero-order chi connectivity index (χ0) is 16.1. The number of hydrogen-bond acceptors (Lipinski definition) is 3. The minimum atomic E-state index is -0.328. The number of carbonyl (C=O) groups excluding carboxylic acids is 1. The Labute approximate surface area is 133 Å². The lowest BCUT2D eigenvalue weighted by molar-refractivity contribution is -0.130. The molecule has 4 nitrogen and oxygen atoms in total. The average molecular weight is 305 g/mol. The summed E-state index contributed by atoms with van der Waals surface area (Å²) in [5.41, 5.74) is 2.47. The van der Waals surface area contributed by atoms with Crippen molar-refractivity contribution in [3.05, 3.63) is 29.3 Å². The molecule has 1 aromatic carbocycles. The van der Waals surface area contributed by atoms with Crippen molar-refractivity contribution in [2.45, 2.75) is 46.1 Å².